The zero-order valence-electron chi connectivity index (χ0n) is 15.9. The minimum atomic E-state index is -0.952. The molecule has 1 unspecified atom stereocenters. The predicted molar refractivity (Wildman–Crippen MR) is 105 cm³/mol. The fraction of sp³-hybridized carbons (Fsp3) is 0.478. The Labute approximate surface area is 161 Å². The van der Waals surface area contributed by atoms with Crippen LogP contribution in [0.4, 0.5) is 0 Å². The molecule has 2 aromatic carbocycles. The van der Waals surface area contributed by atoms with Crippen LogP contribution in [0.1, 0.15) is 30.9 Å². The number of phenols is 1. The van der Waals surface area contributed by atoms with Crippen LogP contribution >= 0.6 is 0 Å². The summed E-state index contributed by atoms with van der Waals surface area (Å²) in [4.78, 5) is 2.32. The average Bonchev–Trinajstić information content (AvgIpc) is 3.09. The van der Waals surface area contributed by atoms with Gasteiger partial charge in [-0.05, 0) is 54.9 Å². The second-order valence-electron chi connectivity index (χ2n) is 8.83. The van der Waals surface area contributed by atoms with Crippen molar-refractivity contribution in [3.05, 3.63) is 65.7 Å². The monoisotopic (exact) mass is 367 g/mol. The molecule has 0 amide bonds. The molecule has 0 radical (unpaired) electrons. The normalized spacial score (nSPS) is 30.2. The van der Waals surface area contributed by atoms with Gasteiger partial charge in [0.05, 0.1) is 11.2 Å². The number of fused-ring (bicyclic) bond motifs is 1. The van der Waals surface area contributed by atoms with Gasteiger partial charge in [0.15, 0.2) is 0 Å². The zero-order valence-corrected chi connectivity index (χ0v) is 15.9. The number of benzene rings is 2. The Kier molecular flexibility index (Phi) is 4.75. The van der Waals surface area contributed by atoms with E-state index < -0.39 is 11.2 Å². The molecule has 0 aromatic heterocycles. The summed E-state index contributed by atoms with van der Waals surface area (Å²) in [5.41, 5.74) is 0.472. The van der Waals surface area contributed by atoms with E-state index in [1.807, 2.05) is 25.1 Å². The molecule has 4 rings (SSSR count). The van der Waals surface area contributed by atoms with E-state index in [2.05, 4.69) is 17.0 Å². The topological polar surface area (TPSA) is 63.9 Å². The Bertz CT molecular complexity index is 758. The lowest BCUT2D eigenvalue weighted by Crippen LogP contribution is -2.39. The van der Waals surface area contributed by atoms with Crippen LogP contribution in [-0.2, 0) is 12.0 Å². The first-order chi connectivity index (χ1) is 12.8. The lowest BCUT2D eigenvalue weighted by Gasteiger charge is -2.31. The van der Waals surface area contributed by atoms with Crippen LogP contribution in [-0.4, -0.2) is 45.5 Å². The van der Waals surface area contributed by atoms with Gasteiger partial charge in [-0.15, -0.1) is 0 Å². The number of nitrogens with zero attached hydrogens (tertiary/aromatic N) is 1. The first kappa shape index (κ1) is 18.5. The van der Waals surface area contributed by atoms with Crippen LogP contribution in [0.5, 0.6) is 5.75 Å². The van der Waals surface area contributed by atoms with Crippen LogP contribution in [0.25, 0.3) is 0 Å². The third-order valence-corrected chi connectivity index (χ3v) is 6.33. The van der Waals surface area contributed by atoms with E-state index in [4.69, 9.17) is 0 Å². The van der Waals surface area contributed by atoms with Gasteiger partial charge in [0.25, 0.3) is 0 Å². The second-order valence-corrected chi connectivity index (χ2v) is 8.83. The molecule has 2 aliphatic rings. The van der Waals surface area contributed by atoms with Gasteiger partial charge in [-0.2, -0.15) is 0 Å². The van der Waals surface area contributed by atoms with Crippen molar-refractivity contribution >= 4 is 0 Å². The van der Waals surface area contributed by atoms with E-state index in [0.29, 0.717) is 18.4 Å². The summed E-state index contributed by atoms with van der Waals surface area (Å²) in [6.45, 7) is 4.26. The van der Waals surface area contributed by atoms with Gasteiger partial charge >= 0.3 is 0 Å². The smallest absolute Gasteiger partial charge is 0.115 e. The van der Waals surface area contributed by atoms with Gasteiger partial charge in [0.2, 0.25) is 0 Å². The van der Waals surface area contributed by atoms with E-state index in [0.717, 1.165) is 37.9 Å². The lowest BCUT2D eigenvalue weighted by molar-refractivity contribution is 0.00983. The number of rotatable bonds is 5. The molecule has 1 aliphatic heterocycles. The first-order valence-corrected chi connectivity index (χ1v) is 9.84. The molecule has 144 valence electrons. The minimum absolute atomic E-state index is 0.211. The highest BCUT2D eigenvalue weighted by molar-refractivity contribution is 5.30. The quantitative estimate of drug-likeness (QED) is 0.760. The SMILES string of the molecule is CC(O)(CN1C[C@@H]2C[C@](O)(Cc3ccccc3)C[C@@H]2C1)c1ccc(O)cc1. The fourth-order valence-corrected chi connectivity index (χ4v) is 5.15. The number of hydrogen-bond donors (Lipinski definition) is 3. The molecule has 27 heavy (non-hydrogen) atoms. The van der Waals surface area contributed by atoms with Crippen molar-refractivity contribution in [2.75, 3.05) is 19.6 Å². The molecule has 2 aromatic rings. The molecule has 3 N–H and O–H groups in total. The summed E-state index contributed by atoms with van der Waals surface area (Å²) >= 11 is 0. The number of likely N-dealkylation sites (tertiary alicyclic amines) is 1. The molecular weight excluding hydrogens is 338 g/mol. The summed E-state index contributed by atoms with van der Waals surface area (Å²) in [6.07, 6.45) is 2.40. The maximum absolute atomic E-state index is 11.1. The second kappa shape index (κ2) is 6.93. The molecular formula is C23H29NO3. The van der Waals surface area contributed by atoms with Crippen LogP contribution in [0.3, 0.4) is 0 Å². The number of phenolic OH excluding ortho intramolecular Hbond substituents is 1. The molecule has 1 heterocycles. The Morgan fingerprint density at radius 3 is 2.19 bits per heavy atom. The van der Waals surface area contributed by atoms with Crippen molar-refractivity contribution in [3.8, 4) is 5.75 Å². The minimum Gasteiger partial charge on any atom is -0.508 e. The van der Waals surface area contributed by atoms with E-state index >= 15 is 0 Å². The van der Waals surface area contributed by atoms with Crippen molar-refractivity contribution in [1.82, 2.24) is 4.90 Å². The van der Waals surface area contributed by atoms with Gasteiger partial charge < -0.3 is 15.3 Å². The van der Waals surface area contributed by atoms with Gasteiger partial charge in [0.1, 0.15) is 5.75 Å². The van der Waals surface area contributed by atoms with Crippen molar-refractivity contribution < 1.29 is 15.3 Å². The van der Waals surface area contributed by atoms with E-state index in [1.54, 1.807) is 24.3 Å². The van der Waals surface area contributed by atoms with Crippen LogP contribution in [0.2, 0.25) is 0 Å². The number of β-amino-alcohol motifs (C(OH)–C–C–N with tert-alkyl or cyclic N) is 1. The van der Waals surface area contributed by atoms with Crippen LogP contribution in [0.15, 0.2) is 54.6 Å². The molecule has 1 saturated carbocycles. The number of hydrogen-bond acceptors (Lipinski definition) is 4. The largest absolute Gasteiger partial charge is 0.508 e. The number of aromatic hydroxyl groups is 1. The van der Waals surface area contributed by atoms with Gasteiger partial charge in [0, 0.05) is 26.1 Å². The molecule has 1 aliphatic carbocycles. The molecule has 4 atom stereocenters. The molecule has 0 bridgehead atoms. The standard InChI is InChI=1S/C23H29NO3/c1-22(26,20-7-9-21(25)10-8-20)16-24-14-18-12-23(27,13-19(18)15-24)11-17-5-3-2-4-6-17/h2-10,18-19,25-27H,11-16H2,1H3/t18-,19+,22?,23+. The Morgan fingerprint density at radius 1 is 1.00 bits per heavy atom. The third-order valence-electron chi connectivity index (χ3n) is 6.33. The summed E-state index contributed by atoms with van der Waals surface area (Å²) < 4.78 is 0. The average molecular weight is 367 g/mol. The zero-order chi connectivity index (χ0) is 19.1. The predicted octanol–water partition coefficient (Wildman–Crippen LogP) is 2.92. The Morgan fingerprint density at radius 2 is 1.59 bits per heavy atom. The van der Waals surface area contributed by atoms with E-state index in [-0.39, 0.29) is 5.75 Å². The van der Waals surface area contributed by atoms with Gasteiger partial charge in [-0.3, -0.25) is 4.90 Å². The van der Waals surface area contributed by atoms with Crippen LogP contribution in [0, 0.1) is 11.8 Å². The molecule has 2 fully saturated rings. The van der Waals surface area contributed by atoms with E-state index in [9.17, 15) is 15.3 Å². The molecule has 4 heteroatoms. The van der Waals surface area contributed by atoms with Crippen molar-refractivity contribution in [3.63, 3.8) is 0 Å². The fourth-order valence-electron chi connectivity index (χ4n) is 5.15. The summed E-state index contributed by atoms with van der Waals surface area (Å²) in [6, 6.07) is 17.0. The molecule has 4 nitrogen and oxygen atoms in total. The van der Waals surface area contributed by atoms with Crippen molar-refractivity contribution in [1.29, 1.82) is 0 Å². The van der Waals surface area contributed by atoms with E-state index in [1.165, 1.54) is 5.56 Å². The summed E-state index contributed by atoms with van der Waals surface area (Å²) in [5, 5.41) is 31.5. The number of aliphatic hydroxyl groups is 2. The molecule has 0 spiro atoms. The van der Waals surface area contributed by atoms with Crippen molar-refractivity contribution in [2.45, 2.75) is 37.4 Å². The lowest BCUT2D eigenvalue weighted by atomic mass is 9.91. The maximum Gasteiger partial charge on any atom is 0.115 e. The van der Waals surface area contributed by atoms with Gasteiger partial charge in [-0.25, -0.2) is 0 Å². The molecule has 1 saturated heterocycles. The summed E-state index contributed by atoms with van der Waals surface area (Å²) in [7, 11) is 0. The first-order valence-electron chi connectivity index (χ1n) is 9.84. The Hall–Kier alpha value is -1.88. The van der Waals surface area contributed by atoms with Crippen molar-refractivity contribution in [2.24, 2.45) is 11.8 Å². The summed E-state index contributed by atoms with van der Waals surface area (Å²) in [5.74, 6) is 1.20. The van der Waals surface area contributed by atoms with Gasteiger partial charge in [-0.1, -0.05) is 42.5 Å². The third kappa shape index (κ3) is 4.03. The highest BCUT2D eigenvalue weighted by atomic mass is 16.3. The highest BCUT2D eigenvalue weighted by Gasteiger charge is 2.48. The highest BCUT2D eigenvalue weighted by Crippen LogP contribution is 2.45. The maximum atomic E-state index is 11.1. The van der Waals surface area contributed by atoms with Crippen LogP contribution < -0.4 is 0 Å². The Balaban J connectivity index is 1.36.